The van der Waals surface area contributed by atoms with Crippen molar-refractivity contribution in [2.45, 2.75) is 40.3 Å². The number of oxazole rings is 1. The minimum absolute atomic E-state index is 0.663. The fourth-order valence-electron chi connectivity index (χ4n) is 1.61. The average Bonchev–Trinajstić information content (AvgIpc) is 2.86. The van der Waals surface area contributed by atoms with Gasteiger partial charge >= 0.3 is 0 Å². The lowest BCUT2D eigenvalue weighted by Gasteiger charge is -2.00. The Morgan fingerprint density at radius 3 is 2.76 bits per heavy atom. The van der Waals surface area contributed by atoms with Crippen molar-refractivity contribution in [1.29, 1.82) is 0 Å². The highest BCUT2D eigenvalue weighted by atomic mass is 32.1. The van der Waals surface area contributed by atoms with Gasteiger partial charge in [0.2, 0.25) is 5.89 Å². The van der Waals surface area contributed by atoms with Crippen LogP contribution >= 0.6 is 11.3 Å². The zero-order valence-electron chi connectivity index (χ0n) is 10.4. The van der Waals surface area contributed by atoms with Gasteiger partial charge < -0.3 is 9.73 Å². The van der Waals surface area contributed by atoms with Gasteiger partial charge in [-0.25, -0.2) is 9.97 Å². The van der Waals surface area contributed by atoms with Gasteiger partial charge in [-0.3, -0.25) is 0 Å². The van der Waals surface area contributed by atoms with E-state index in [1.165, 1.54) is 4.88 Å². The van der Waals surface area contributed by atoms with Gasteiger partial charge in [0.15, 0.2) is 0 Å². The third-order valence-electron chi connectivity index (χ3n) is 2.51. The Morgan fingerprint density at radius 2 is 2.18 bits per heavy atom. The Morgan fingerprint density at radius 1 is 1.35 bits per heavy atom. The van der Waals surface area contributed by atoms with Crippen LogP contribution in [0.4, 0.5) is 0 Å². The van der Waals surface area contributed by atoms with E-state index in [9.17, 15) is 0 Å². The highest BCUT2D eigenvalue weighted by Gasteiger charge is 2.05. The molecule has 2 rings (SSSR count). The molecule has 92 valence electrons. The Balaban J connectivity index is 1.85. The third-order valence-corrected chi connectivity index (χ3v) is 3.58. The lowest BCUT2D eigenvalue weighted by Crippen LogP contribution is -2.12. The molecular weight excluding hydrogens is 234 g/mol. The van der Waals surface area contributed by atoms with Crippen molar-refractivity contribution in [3.63, 3.8) is 0 Å². The number of aromatic nitrogens is 2. The molecule has 0 aliphatic heterocycles. The van der Waals surface area contributed by atoms with Crippen LogP contribution in [0.25, 0.3) is 0 Å². The van der Waals surface area contributed by atoms with E-state index in [1.54, 1.807) is 17.5 Å². The summed E-state index contributed by atoms with van der Waals surface area (Å²) in [6, 6.07) is 0. The highest BCUT2D eigenvalue weighted by molar-refractivity contribution is 7.11. The first-order valence-electron chi connectivity index (χ1n) is 5.76. The molecule has 5 heteroatoms. The molecule has 2 aromatic rings. The van der Waals surface area contributed by atoms with Crippen LogP contribution in [0, 0.1) is 13.8 Å². The van der Waals surface area contributed by atoms with E-state index in [4.69, 9.17) is 4.42 Å². The summed E-state index contributed by atoms with van der Waals surface area (Å²) in [5.41, 5.74) is 1.11. The Kier molecular flexibility index (Phi) is 3.91. The fourth-order valence-corrected chi connectivity index (χ4v) is 2.52. The van der Waals surface area contributed by atoms with Crippen molar-refractivity contribution in [3.05, 3.63) is 33.4 Å². The van der Waals surface area contributed by atoms with Gasteiger partial charge in [-0.1, -0.05) is 6.92 Å². The summed E-state index contributed by atoms with van der Waals surface area (Å²) in [7, 11) is 0. The summed E-state index contributed by atoms with van der Waals surface area (Å²) in [6.45, 7) is 7.61. The predicted octanol–water partition coefficient (Wildman–Crippen LogP) is 2.60. The van der Waals surface area contributed by atoms with Gasteiger partial charge in [0.25, 0.3) is 0 Å². The number of nitrogens with zero attached hydrogens (tertiary/aromatic N) is 2. The molecule has 0 saturated carbocycles. The summed E-state index contributed by atoms with van der Waals surface area (Å²) in [5, 5.41) is 4.44. The van der Waals surface area contributed by atoms with Gasteiger partial charge in [0.05, 0.1) is 23.4 Å². The maximum absolute atomic E-state index is 5.52. The lowest BCUT2D eigenvalue weighted by molar-refractivity contribution is 0.439. The van der Waals surface area contributed by atoms with E-state index < -0.39 is 0 Å². The Labute approximate surface area is 105 Å². The van der Waals surface area contributed by atoms with Crippen molar-refractivity contribution < 1.29 is 4.42 Å². The second-order valence-electron chi connectivity index (χ2n) is 3.92. The molecule has 0 aliphatic carbocycles. The lowest BCUT2D eigenvalue weighted by atomic mass is 10.4. The van der Waals surface area contributed by atoms with E-state index in [0.717, 1.165) is 35.3 Å². The van der Waals surface area contributed by atoms with Crippen molar-refractivity contribution in [2.24, 2.45) is 0 Å². The van der Waals surface area contributed by atoms with Gasteiger partial charge in [0, 0.05) is 17.8 Å². The van der Waals surface area contributed by atoms with Crippen LogP contribution in [0.2, 0.25) is 0 Å². The molecule has 0 unspecified atom stereocenters. The molecule has 0 aliphatic rings. The third kappa shape index (κ3) is 3.14. The monoisotopic (exact) mass is 251 g/mol. The summed E-state index contributed by atoms with van der Waals surface area (Å²) in [6.07, 6.45) is 2.68. The Hall–Kier alpha value is -1.20. The molecule has 2 heterocycles. The van der Waals surface area contributed by atoms with E-state index in [0.29, 0.717) is 6.54 Å². The molecule has 0 bridgehead atoms. The maximum Gasteiger partial charge on any atom is 0.208 e. The van der Waals surface area contributed by atoms with E-state index in [1.807, 2.05) is 13.8 Å². The Bertz CT molecular complexity index is 490. The second-order valence-corrected chi connectivity index (χ2v) is 5.21. The van der Waals surface area contributed by atoms with E-state index in [-0.39, 0.29) is 0 Å². The number of aryl methyl sites for hydroxylation is 3. The number of hydrogen-bond acceptors (Lipinski definition) is 5. The minimum Gasteiger partial charge on any atom is -0.444 e. The first-order valence-corrected chi connectivity index (χ1v) is 6.58. The largest absolute Gasteiger partial charge is 0.444 e. The van der Waals surface area contributed by atoms with Crippen LogP contribution in [0.1, 0.15) is 34.2 Å². The van der Waals surface area contributed by atoms with Gasteiger partial charge in [-0.05, 0) is 13.8 Å². The standard InChI is InChI=1S/C12H17N3OS/c1-4-10-5-14-12(16-10)7-13-6-11-8(2)15-9(3)17-11/h5,13H,4,6-7H2,1-3H3. The molecule has 0 fully saturated rings. The van der Waals surface area contributed by atoms with Crippen LogP contribution in [-0.4, -0.2) is 9.97 Å². The van der Waals surface area contributed by atoms with Gasteiger partial charge in [0.1, 0.15) is 5.76 Å². The second kappa shape index (κ2) is 5.42. The first kappa shape index (κ1) is 12.3. The molecule has 2 aromatic heterocycles. The van der Waals surface area contributed by atoms with Crippen molar-refractivity contribution in [1.82, 2.24) is 15.3 Å². The zero-order chi connectivity index (χ0) is 12.3. The summed E-state index contributed by atoms with van der Waals surface area (Å²) in [4.78, 5) is 9.88. The minimum atomic E-state index is 0.663. The summed E-state index contributed by atoms with van der Waals surface area (Å²) >= 11 is 1.73. The molecule has 0 spiro atoms. The number of nitrogens with one attached hydrogen (secondary N) is 1. The number of rotatable bonds is 5. The average molecular weight is 251 g/mol. The molecule has 0 saturated heterocycles. The molecule has 17 heavy (non-hydrogen) atoms. The van der Waals surface area contributed by atoms with E-state index in [2.05, 4.69) is 22.2 Å². The van der Waals surface area contributed by atoms with Crippen LogP contribution in [0.3, 0.4) is 0 Å². The summed E-state index contributed by atoms with van der Waals surface area (Å²) in [5.74, 6) is 1.69. The molecular formula is C12H17N3OS. The number of hydrogen-bond donors (Lipinski definition) is 1. The van der Waals surface area contributed by atoms with Crippen LogP contribution in [0.5, 0.6) is 0 Å². The normalized spacial score (nSPS) is 11.0. The fraction of sp³-hybridized carbons (Fsp3) is 0.500. The zero-order valence-corrected chi connectivity index (χ0v) is 11.2. The van der Waals surface area contributed by atoms with Crippen molar-refractivity contribution >= 4 is 11.3 Å². The topological polar surface area (TPSA) is 51.0 Å². The predicted molar refractivity (Wildman–Crippen MR) is 68.0 cm³/mol. The van der Waals surface area contributed by atoms with Crippen molar-refractivity contribution in [2.75, 3.05) is 0 Å². The maximum atomic E-state index is 5.52. The van der Waals surface area contributed by atoms with Crippen LogP contribution in [0.15, 0.2) is 10.6 Å². The van der Waals surface area contributed by atoms with Gasteiger partial charge in [-0.2, -0.15) is 0 Å². The van der Waals surface area contributed by atoms with Crippen molar-refractivity contribution in [3.8, 4) is 0 Å². The van der Waals surface area contributed by atoms with Gasteiger partial charge in [-0.15, -0.1) is 11.3 Å². The van der Waals surface area contributed by atoms with Crippen LogP contribution < -0.4 is 5.32 Å². The SMILES string of the molecule is CCc1cnc(CNCc2sc(C)nc2C)o1. The summed E-state index contributed by atoms with van der Waals surface area (Å²) < 4.78 is 5.52. The quantitative estimate of drug-likeness (QED) is 0.887. The smallest absolute Gasteiger partial charge is 0.208 e. The molecule has 0 radical (unpaired) electrons. The molecule has 0 atom stereocenters. The van der Waals surface area contributed by atoms with E-state index >= 15 is 0 Å². The number of thiazole rings is 1. The van der Waals surface area contributed by atoms with Crippen LogP contribution in [-0.2, 0) is 19.5 Å². The first-order chi connectivity index (χ1) is 8.19. The molecule has 1 N–H and O–H groups in total. The molecule has 0 amide bonds. The highest BCUT2D eigenvalue weighted by Crippen LogP contribution is 2.16. The molecule has 4 nitrogen and oxygen atoms in total. The molecule has 0 aromatic carbocycles.